The maximum Gasteiger partial charge on any atom is 0.229 e. The van der Waals surface area contributed by atoms with Crippen LogP contribution < -0.4 is 4.72 Å². The number of fused-ring (bicyclic) bond motifs is 1. The summed E-state index contributed by atoms with van der Waals surface area (Å²) in [6, 6.07) is 12.3. The van der Waals surface area contributed by atoms with E-state index in [1.165, 1.54) is 18.3 Å². The quantitative estimate of drug-likeness (QED) is 0.364. The molecule has 0 bridgehead atoms. The fourth-order valence-corrected chi connectivity index (χ4v) is 3.76. The molecule has 4 aromatic rings. The second kappa shape index (κ2) is 7.20. The normalized spacial score (nSPS) is 11.5. The van der Waals surface area contributed by atoms with Gasteiger partial charge in [-0.15, -0.1) is 0 Å². The molecular weight excluding hydrogens is 406 g/mol. The summed E-state index contributed by atoms with van der Waals surface area (Å²) in [5.74, 6) is -0.821. The third kappa shape index (κ3) is 3.96. The number of hydrogen-bond donors (Lipinski definition) is 4. The van der Waals surface area contributed by atoms with Crippen LogP contribution in [-0.4, -0.2) is 40.6 Å². The van der Waals surface area contributed by atoms with Crippen LogP contribution in [0.4, 0.5) is 5.69 Å². The number of ketones is 1. The lowest BCUT2D eigenvalue weighted by Crippen LogP contribution is -2.09. The standard InChI is InChI=1S/C21H17N3O5S/c1-30(28,29)24-15-4-2-3-12(5-15)14-8-18-19(11-23-21(18)22-10-14)20(27)13-6-16(25)9-17(26)7-13/h2-11,24-26H,1H3,(H,22,23). The van der Waals surface area contributed by atoms with Gasteiger partial charge in [0, 0.05) is 46.2 Å². The number of hydrogen-bond acceptors (Lipinski definition) is 6. The van der Waals surface area contributed by atoms with Crippen molar-refractivity contribution in [3.63, 3.8) is 0 Å². The average Bonchev–Trinajstić information content (AvgIpc) is 3.08. The van der Waals surface area contributed by atoms with Crippen molar-refractivity contribution in [3.05, 3.63) is 72.1 Å². The molecule has 0 aliphatic heterocycles. The van der Waals surface area contributed by atoms with Crippen LogP contribution in [0.2, 0.25) is 0 Å². The number of aromatic hydroxyl groups is 2. The van der Waals surface area contributed by atoms with Crippen molar-refractivity contribution < 1.29 is 23.4 Å². The van der Waals surface area contributed by atoms with Crippen molar-refractivity contribution in [2.75, 3.05) is 11.0 Å². The van der Waals surface area contributed by atoms with Gasteiger partial charge >= 0.3 is 0 Å². The van der Waals surface area contributed by atoms with Gasteiger partial charge in [-0.25, -0.2) is 13.4 Å². The molecule has 0 aliphatic rings. The summed E-state index contributed by atoms with van der Waals surface area (Å²) in [6.45, 7) is 0. The molecule has 30 heavy (non-hydrogen) atoms. The van der Waals surface area contributed by atoms with Crippen LogP contribution in [0.25, 0.3) is 22.2 Å². The van der Waals surface area contributed by atoms with Crippen LogP contribution in [0, 0.1) is 0 Å². The van der Waals surface area contributed by atoms with E-state index in [4.69, 9.17) is 0 Å². The highest BCUT2D eigenvalue weighted by atomic mass is 32.2. The second-order valence-electron chi connectivity index (χ2n) is 6.84. The van der Waals surface area contributed by atoms with E-state index < -0.39 is 10.0 Å². The topological polar surface area (TPSA) is 132 Å². The number of sulfonamides is 1. The molecule has 2 heterocycles. The predicted molar refractivity (Wildman–Crippen MR) is 113 cm³/mol. The van der Waals surface area contributed by atoms with E-state index >= 15 is 0 Å². The minimum absolute atomic E-state index is 0.137. The van der Waals surface area contributed by atoms with Crippen LogP contribution in [-0.2, 0) is 10.0 Å². The van der Waals surface area contributed by atoms with Gasteiger partial charge in [0.1, 0.15) is 17.1 Å². The zero-order valence-corrected chi connectivity index (χ0v) is 16.6. The van der Waals surface area contributed by atoms with Gasteiger partial charge in [-0.3, -0.25) is 9.52 Å². The Morgan fingerprint density at radius 2 is 1.77 bits per heavy atom. The van der Waals surface area contributed by atoms with Crippen molar-refractivity contribution in [2.24, 2.45) is 0 Å². The Morgan fingerprint density at radius 3 is 2.47 bits per heavy atom. The number of rotatable bonds is 5. The predicted octanol–water partition coefficient (Wildman–Crippen LogP) is 3.24. The Morgan fingerprint density at radius 1 is 1.03 bits per heavy atom. The smallest absolute Gasteiger partial charge is 0.229 e. The van der Waals surface area contributed by atoms with E-state index in [1.54, 1.807) is 36.5 Å². The summed E-state index contributed by atoms with van der Waals surface area (Å²) in [7, 11) is -3.41. The molecule has 0 unspecified atom stereocenters. The molecule has 4 N–H and O–H groups in total. The second-order valence-corrected chi connectivity index (χ2v) is 8.59. The highest BCUT2D eigenvalue weighted by Gasteiger charge is 2.17. The number of H-pyrrole nitrogens is 1. The highest BCUT2D eigenvalue weighted by molar-refractivity contribution is 7.92. The lowest BCUT2D eigenvalue weighted by molar-refractivity contribution is 0.103. The van der Waals surface area contributed by atoms with E-state index in [0.29, 0.717) is 33.4 Å². The van der Waals surface area contributed by atoms with Crippen molar-refractivity contribution in [2.45, 2.75) is 0 Å². The van der Waals surface area contributed by atoms with E-state index in [2.05, 4.69) is 14.7 Å². The molecule has 2 aromatic carbocycles. The minimum atomic E-state index is -3.41. The SMILES string of the molecule is CS(=O)(=O)Nc1cccc(-c2cnc3[nH]cc(C(=O)c4cc(O)cc(O)c4)c3c2)c1. The first kappa shape index (κ1) is 19.5. The lowest BCUT2D eigenvalue weighted by atomic mass is 10.0. The Hall–Kier alpha value is -3.85. The molecule has 0 radical (unpaired) electrons. The zero-order chi connectivity index (χ0) is 21.5. The molecule has 0 spiro atoms. The number of phenolic OH excluding ortho intramolecular Hbond substituents is 2. The molecule has 0 amide bonds. The Bertz CT molecular complexity index is 1370. The number of phenols is 2. The highest BCUT2D eigenvalue weighted by Crippen LogP contribution is 2.29. The summed E-state index contributed by atoms with van der Waals surface area (Å²) >= 11 is 0. The van der Waals surface area contributed by atoms with Gasteiger partial charge in [-0.1, -0.05) is 12.1 Å². The minimum Gasteiger partial charge on any atom is -0.508 e. The molecule has 8 nitrogen and oxygen atoms in total. The number of aromatic amines is 1. The van der Waals surface area contributed by atoms with Crippen molar-refractivity contribution in [1.82, 2.24) is 9.97 Å². The number of carbonyl (C=O) groups excluding carboxylic acids is 1. The van der Waals surface area contributed by atoms with E-state index in [9.17, 15) is 23.4 Å². The molecule has 0 fully saturated rings. The lowest BCUT2D eigenvalue weighted by Gasteiger charge is -2.07. The average molecular weight is 423 g/mol. The number of nitrogens with zero attached hydrogens (tertiary/aromatic N) is 1. The molecule has 0 aliphatic carbocycles. The fraction of sp³-hybridized carbons (Fsp3) is 0.0476. The first-order valence-electron chi connectivity index (χ1n) is 8.83. The summed E-state index contributed by atoms with van der Waals surface area (Å²) < 4.78 is 25.4. The van der Waals surface area contributed by atoms with Crippen molar-refractivity contribution >= 4 is 32.5 Å². The van der Waals surface area contributed by atoms with Gasteiger partial charge in [-0.2, -0.15) is 0 Å². The zero-order valence-electron chi connectivity index (χ0n) is 15.7. The fourth-order valence-electron chi connectivity index (χ4n) is 3.21. The van der Waals surface area contributed by atoms with Crippen LogP contribution in [0.1, 0.15) is 15.9 Å². The van der Waals surface area contributed by atoms with Crippen molar-refractivity contribution in [3.8, 4) is 22.6 Å². The first-order chi connectivity index (χ1) is 14.2. The Labute approximate surface area is 171 Å². The van der Waals surface area contributed by atoms with Crippen LogP contribution in [0.3, 0.4) is 0 Å². The molecule has 9 heteroatoms. The van der Waals surface area contributed by atoms with Gasteiger partial charge in [0.05, 0.1) is 6.26 Å². The molecule has 4 rings (SSSR count). The maximum atomic E-state index is 12.9. The summed E-state index contributed by atoms with van der Waals surface area (Å²) in [6.07, 6.45) is 4.21. The number of pyridine rings is 1. The maximum absolute atomic E-state index is 12.9. The van der Waals surface area contributed by atoms with Crippen molar-refractivity contribution in [1.29, 1.82) is 0 Å². The Kier molecular flexibility index (Phi) is 4.67. The van der Waals surface area contributed by atoms with E-state index in [1.807, 2.05) is 0 Å². The largest absolute Gasteiger partial charge is 0.508 e. The molecule has 0 atom stereocenters. The summed E-state index contributed by atoms with van der Waals surface area (Å²) in [5.41, 5.74) is 2.78. The van der Waals surface area contributed by atoms with Gasteiger partial charge in [0.15, 0.2) is 5.78 Å². The van der Waals surface area contributed by atoms with Crippen LogP contribution in [0.15, 0.2) is 60.9 Å². The third-order valence-electron chi connectivity index (χ3n) is 4.44. The number of benzene rings is 2. The van der Waals surface area contributed by atoms with E-state index in [0.717, 1.165) is 12.3 Å². The van der Waals surface area contributed by atoms with Crippen LogP contribution >= 0.6 is 0 Å². The number of aromatic nitrogens is 2. The van der Waals surface area contributed by atoms with E-state index in [-0.39, 0.29) is 22.8 Å². The van der Waals surface area contributed by atoms with Gasteiger partial charge in [0.25, 0.3) is 0 Å². The molecular formula is C21H17N3O5S. The molecule has 0 saturated heterocycles. The Balaban J connectivity index is 1.77. The molecule has 152 valence electrons. The first-order valence-corrected chi connectivity index (χ1v) is 10.7. The van der Waals surface area contributed by atoms with Crippen LogP contribution in [0.5, 0.6) is 11.5 Å². The monoisotopic (exact) mass is 423 g/mol. The number of carbonyl (C=O) groups is 1. The van der Waals surface area contributed by atoms with Gasteiger partial charge in [-0.05, 0) is 35.9 Å². The van der Waals surface area contributed by atoms with Gasteiger partial charge < -0.3 is 15.2 Å². The van der Waals surface area contributed by atoms with Gasteiger partial charge in [0.2, 0.25) is 10.0 Å². The third-order valence-corrected chi connectivity index (χ3v) is 5.05. The number of nitrogens with one attached hydrogen (secondary N) is 2. The summed E-state index contributed by atoms with van der Waals surface area (Å²) in [4.78, 5) is 20.2. The molecule has 0 saturated carbocycles. The molecule has 2 aromatic heterocycles. The number of anilines is 1. The summed E-state index contributed by atoms with van der Waals surface area (Å²) in [5, 5.41) is 19.9.